The van der Waals surface area contributed by atoms with E-state index >= 15 is 0 Å². The minimum Gasteiger partial charge on any atom is -0.372 e. The lowest BCUT2D eigenvalue weighted by Crippen LogP contribution is -2.40. The third-order valence-electron chi connectivity index (χ3n) is 5.51. The molecule has 6 heteroatoms. The van der Waals surface area contributed by atoms with Crippen molar-refractivity contribution in [2.75, 3.05) is 29.9 Å². The van der Waals surface area contributed by atoms with E-state index in [0.29, 0.717) is 37.1 Å². The number of anilines is 2. The van der Waals surface area contributed by atoms with Gasteiger partial charge in [0.05, 0.1) is 0 Å². The monoisotopic (exact) mass is 397 g/mol. The number of carbonyl (C=O) groups is 2. The van der Waals surface area contributed by atoms with E-state index in [1.807, 2.05) is 24.3 Å². The maximum atomic E-state index is 13.7. The van der Waals surface area contributed by atoms with E-state index in [0.717, 1.165) is 18.8 Å². The molecular weight excluding hydrogens is 369 g/mol. The summed E-state index contributed by atoms with van der Waals surface area (Å²) in [6, 6.07) is 14.2. The molecule has 154 valence electrons. The highest BCUT2D eigenvalue weighted by Crippen LogP contribution is 2.46. The summed E-state index contributed by atoms with van der Waals surface area (Å²) in [6.45, 7) is 6.33. The van der Waals surface area contributed by atoms with Gasteiger partial charge in [-0.15, -0.1) is 0 Å². The van der Waals surface area contributed by atoms with E-state index in [1.165, 1.54) is 6.07 Å². The van der Waals surface area contributed by atoms with E-state index < -0.39 is 5.41 Å². The Morgan fingerprint density at radius 1 is 1.00 bits per heavy atom. The Bertz CT molecular complexity index is 859. The van der Waals surface area contributed by atoms with Crippen molar-refractivity contribution < 1.29 is 14.0 Å². The number of hydrogen-bond acceptors (Lipinski definition) is 3. The van der Waals surface area contributed by atoms with Gasteiger partial charge >= 0.3 is 0 Å². The summed E-state index contributed by atoms with van der Waals surface area (Å²) in [5.41, 5.74) is 1.32. The third kappa shape index (κ3) is 4.75. The Morgan fingerprint density at radius 3 is 2.24 bits per heavy atom. The van der Waals surface area contributed by atoms with Crippen LogP contribution in [0.2, 0.25) is 0 Å². The fourth-order valence-corrected chi connectivity index (χ4v) is 3.46. The molecule has 2 N–H and O–H groups in total. The van der Waals surface area contributed by atoms with Crippen LogP contribution in [0.15, 0.2) is 48.5 Å². The summed E-state index contributed by atoms with van der Waals surface area (Å²) in [5, 5.41) is 5.66. The van der Waals surface area contributed by atoms with E-state index in [9.17, 15) is 14.0 Å². The van der Waals surface area contributed by atoms with Gasteiger partial charge in [-0.3, -0.25) is 9.59 Å². The molecule has 1 fully saturated rings. The third-order valence-corrected chi connectivity index (χ3v) is 5.51. The summed E-state index contributed by atoms with van der Waals surface area (Å²) in [4.78, 5) is 27.5. The Labute approximate surface area is 171 Å². The second-order valence-corrected chi connectivity index (χ2v) is 7.35. The van der Waals surface area contributed by atoms with Gasteiger partial charge in [-0.2, -0.15) is 0 Å². The Morgan fingerprint density at radius 2 is 1.66 bits per heavy atom. The highest BCUT2D eigenvalue weighted by Gasteiger charge is 2.56. The quantitative estimate of drug-likeness (QED) is 0.634. The van der Waals surface area contributed by atoms with Gasteiger partial charge in [-0.1, -0.05) is 18.2 Å². The predicted molar refractivity (Wildman–Crippen MR) is 113 cm³/mol. The van der Waals surface area contributed by atoms with Crippen LogP contribution in [0.5, 0.6) is 0 Å². The van der Waals surface area contributed by atoms with Crippen molar-refractivity contribution in [2.45, 2.75) is 33.1 Å². The SMILES string of the molecule is CCN(CC)c1ccc(NC(=O)C2(C(=O)NCCc3ccccc3F)CC2)cc1. The number of rotatable bonds is 9. The van der Waals surface area contributed by atoms with Crippen molar-refractivity contribution in [3.63, 3.8) is 0 Å². The standard InChI is InChI=1S/C23H28FN3O2/c1-3-27(4-2)19-11-9-18(10-12-19)26-22(29)23(14-15-23)21(28)25-16-13-17-7-5-6-8-20(17)24/h5-12H,3-4,13-16H2,1-2H3,(H,25,28)(H,26,29). The first-order valence-electron chi connectivity index (χ1n) is 10.2. The maximum absolute atomic E-state index is 13.7. The normalized spacial score (nSPS) is 14.2. The molecule has 5 nitrogen and oxygen atoms in total. The molecule has 0 spiro atoms. The molecule has 2 aromatic rings. The zero-order valence-corrected chi connectivity index (χ0v) is 17.0. The molecule has 2 amide bonds. The Hall–Kier alpha value is -2.89. The molecule has 0 bridgehead atoms. The Kier molecular flexibility index (Phi) is 6.52. The molecule has 0 saturated heterocycles. The number of nitrogens with one attached hydrogen (secondary N) is 2. The zero-order valence-electron chi connectivity index (χ0n) is 17.0. The molecule has 0 aliphatic heterocycles. The summed E-state index contributed by atoms with van der Waals surface area (Å²) < 4.78 is 13.7. The highest BCUT2D eigenvalue weighted by molar-refractivity contribution is 6.13. The molecule has 2 aromatic carbocycles. The smallest absolute Gasteiger partial charge is 0.240 e. The first kappa shape index (κ1) is 20.8. The van der Waals surface area contributed by atoms with Gasteiger partial charge in [0.15, 0.2) is 0 Å². The van der Waals surface area contributed by atoms with Crippen LogP contribution in [0.4, 0.5) is 15.8 Å². The number of halogens is 1. The van der Waals surface area contributed by atoms with Crippen LogP contribution in [0.3, 0.4) is 0 Å². The summed E-state index contributed by atoms with van der Waals surface area (Å²) >= 11 is 0. The van der Waals surface area contributed by atoms with E-state index in [-0.39, 0.29) is 17.6 Å². The van der Waals surface area contributed by atoms with Crippen LogP contribution < -0.4 is 15.5 Å². The average molecular weight is 397 g/mol. The van der Waals surface area contributed by atoms with Crippen LogP contribution in [0.25, 0.3) is 0 Å². The summed E-state index contributed by atoms with van der Waals surface area (Å²) in [5.74, 6) is -0.851. The number of hydrogen-bond donors (Lipinski definition) is 2. The van der Waals surface area contributed by atoms with Crippen molar-refractivity contribution in [2.24, 2.45) is 5.41 Å². The largest absolute Gasteiger partial charge is 0.372 e. The van der Waals surface area contributed by atoms with Gasteiger partial charge in [-0.05, 0) is 69.0 Å². The van der Waals surface area contributed by atoms with E-state index in [4.69, 9.17) is 0 Å². The van der Waals surface area contributed by atoms with Gasteiger partial charge in [0, 0.05) is 31.0 Å². The molecule has 1 aliphatic rings. The molecule has 29 heavy (non-hydrogen) atoms. The summed E-state index contributed by atoms with van der Waals surface area (Å²) in [6.07, 6.45) is 1.45. The maximum Gasteiger partial charge on any atom is 0.240 e. The number of amides is 2. The van der Waals surface area contributed by atoms with Crippen molar-refractivity contribution >= 4 is 23.2 Å². The minimum absolute atomic E-state index is 0.281. The molecule has 1 saturated carbocycles. The van der Waals surface area contributed by atoms with Crippen molar-refractivity contribution in [1.82, 2.24) is 5.32 Å². The van der Waals surface area contributed by atoms with Crippen molar-refractivity contribution in [3.05, 3.63) is 59.9 Å². The van der Waals surface area contributed by atoms with Crippen LogP contribution in [-0.2, 0) is 16.0 Å². The minimum atomic E-state index is -1.01. The zero-order chi connectivity index (χ0) is 20.9. The van der Waals surface area contributed by atoms with Crippen LogP contribution in [0.1, 0.15) is 32.3 Å². The van der Waals surface area contributed by atoms with Crippen molar-refractivity contribution in [1.29, 1.82) is 0 Å². The van der Waals surface area contributed by atoms with Crippen LogP contribution >= 0.6 is 0 Å². The predicted octanol–water partition coefficient (Wildman–Crippen LogP) is 3.75. The van der Waals surface area contributed by atoms with Crippen LogP contribution in [0, 0.1) is 11.2 Å². The van der Waals surface area contributed by atoms with Gasteiger partial charge in [0.25, 0.3) is 0 Å². The lowest BCUT2D eigenvalue weighted by Gasteiger charge is -2.21. The topological polar surface area (TPSA) is 61.4 Å². The lowest BCUT2D eigenvalue weighted by molar-refractivity contribution is -0.134. The van der Waals surface area contributed by atoms with E-state index in [2.05, 4.69) is 29.4 Å². The fraction of sp³-hybridized carbons (Fsp3) is 0.391. The molecule has 0 atom stereocenters. The van der Waals surface area contributed by atoms with Gasteiger partial charge in [-0.25, -0.2) is 4.39 Å². The first-order valence-corrected chi connectivity index (χ1v) is 10.2. The molecule has 0 heterocycles. The Balaban J connectivity index is 1.54. The van der Waals surface area contributed by atoms with Gasteiger partial charge in [0.1, 0.15) is 11.2 Å². The second-order valence-electron chi connectivity index (χ2n) is 7.35. The van der Waals surface area contributed by atoms with Gasteiger partial charge < -0.3 is 15.5 Å². The van der Waals surface area contributed by atoms with Crippen LogP contribution in [-0.4, -0.2) is 31.4 Å². The second kappa shape index (κ2) is 9.07. The summed E-state index contributed by atoms with van der Waals surface area (Å²) in [7, 11) is 0. The highest BCUT2D eigenvalue weighted by atomic mass is 19.1. The molecule has 0 aromatic heterocycles. The lowest BCUT2D eigenvalue weighted by atomic mass is 10.0. The molecular formula is C23H28FN3O2. The number of carbonyl (C=O) groups excluding carboxylic acids is 2. The fourth-order valence-electron chi connectivity index (χ4n) is 3.46. The number of benzene rings is 2. The van der Waals surface area contributed by atoms with Gasteiger partial charge in [0.2, 0.25) is 11.8 Å². The number of nitrogens with zero attached hydrogens (tertiary/aromatic N) is 1. The molecule has 0 unspecified atom stereocenters. The average Bonchev–Trinajstić information content (AvgIpc) is 3.54. The molecule has 3 rings (SSSR count). The van der Waals surface area contributed by atoms with Crippen molar-refractivity contribution in [3.8, 4) is 0 Å². The molecule has 1 aliphatic carbocycles. The molecule has 0 radical (unpaired) electrons. The van der Waals surface area contributed by atoms with E-state index in [1.54, 1.807) is 18.2 Å². The first-order chi connectivity index (χ1) is 14.0.